The third-order valence-electron chi connectivity index (χ3n) is 5.59. The van der Waals surface area contributed by atoms with Crippen LogP contribution in [0.4, 0.5) is 4.79 Å². The van der Waals surface area contributed by atoms with Gasteiger partial charge in [-0.3, -0.25) is 9.59 Å². The average molecular weight is 456 g/mol. The first-order valence-electron chi connectivity index (χ1n) is 10.7. The van der Waals surface area contributed by atoms with E-state index in [9.17, 15) is 14.4 Å². The van der Waals surface area contributed by atoms with Gasteiger partial charge in [-0.25, -0.2) is 4.79 Å². The van der Waals surface area contributed by atoms with E-state index in [2.05, 4.69) is 17.4 Å². The number of carboxylic acids is 1. The molecule has 0 spiro atoms. The molecule has 0 aromatic heterocycles. The molecule has 9 heteroatoms. The quantitative estimate of drug-likeness (QED) is 0.471. The van der Waals surface area contributed by atoms with Crippen molar-refractivity contribution in [3.05, 3.63) is 59.7 Å². The number of amides is 2. The van der Waals surface area contributed by atoms with Gasteiger partial charge in [0.05, 0.1) is 6.61 Å². The molecule has 1 atom stereocenters. The van der Waals surface area contributed by atoms with Crippen LogP contribution in [0.15, 0.2) is 48.5 Å². The summed E-state index contributed by atoms with van der Waals surface area (Å²) in [5.74, 6) is -1.81. The molecule has 2 aromatic rings. The number of ether oxygens (including phenoxy) is 2. The maximum absolute atomic E-state index is 12.5. The summed E-state index contributed by atoms with van der Waals surface area (Å²) in [5.41, 5.74) is 4.49. The Morgan fingerprint density at radius 2 is 1.67 bits per heavy atom. The van der Waals surface area contributed by atoms with Gasteiger partial charge in [0.15, 0.2) is 0 Å². The fourth-order valence-corrected chi connectivity index (χ4v) is 4.05. The standard InChI is InChI=1S/C24H28N2O7/c1-32-21(23(30)26(12-13-27)14-22(28)29)10-11-25-24(31)33-15-20-18-8-4-2-6-16(18)17-7-3-5-9-19(17)20/h2-9,20-21,27H,10-15H2,1H3,(H,25,31)(H,28,29). The number of hydrogen-bond donors (Lipinski definition) is 3. The highest BCUT2D eigenvalue weighted by atomic mass is 16.5. The number of hydrogen-bond acceptors (Lipinski definition) is 6. The minimum Gasteiger partial charge on any atom is -0.480 e. The molecule has 0 aliphatic heterocycles. The van der Waals surface area contributed by atoms with E-state index in [4.69, 9.17) is 19.7 Å². The number of nitrogens with zero attached hydrogens (tertiary/aromatic N) is 1. The van der Waals surface area contributed by atoms with Crippen LogP contribution in [0.2, 0.25) is 0 Å². The molecule has 1 unspecified atom stereocenters. The molecule has 0 bridgehead atoms. The van der Waals surface area contributed by atoms with Crippen molar-refractivity contribution in [2.75, 3.05) is 40.0 Å². The van der Waals surface area contributed by atoms with Crippen LogP contribution in [-0.4, -0.2) is 79.1 Å². The van der Waals surface area contributed by atoms with Crippen molar-refractivity contribution < 1.29 is 34.1 Å². The molecular weight excluding hydrogens is 428 g/mol. The molecule has 33 heavy (non-hydrogen) atoms. The molecule has 9 nitrogen and oxygen atoms in total. The Labute approximate surface area is 191 Å². The van der Waals surface area contributed by atoms with E-state index in [1.54, 1.807) is 0 Å². The van der Waals surface area contributed by atoms with Crippen molar-refractivity contribution in [2.24, 2.45) is 0 Å². The van der Waals surface area contributed by atoms with Crippen LogP contribution in [0.3, 0.4) is 0 Å². The second-order valence-corrected chi connectivity index (χ2v) is 7.64. The van der Waals surface area contributed by atoms with Crippen LogP contribution in [0.1, 0.15) is 23.5 Å². The summed E-state index contributed by atoms with van der Waals surface area (Å²) in [6.07, 6.45) is -1.44. The van der Waals surface area contributed by atoms with Gasteiger partial charge in [0.1, 0.15) is 19.3 Å². The number of aliphatic hydroxyl groups excluding tert-OH is 1. The Bertz CT molecular complexity index is 949. The van der Waals surface area contributed by atoms with E-state index in [-0.39, 0.29) is 38.6 Å². The smallest absolute Gasteiger partial charge is 0.407 e. The highest BCUT2D eigenvalue weighted by Gasteiger charge is 2.29. The maximum atomic E-state index is 12.5. The van der Waals surface area contributed by atoms with Gasteiger partial charge < -0.3 is 29.9 Å². The largest absolute Gasteiger partial charge is 0.480 e. The van der Waals surface area contributed by atoms with Gasteiger partial charge in [-0.1, -0.05) is 48.5 Å². The molecule has 0 saturated carbocycles. The number of carbonyl (C=O) groups excluding carboxylic acids is 2. The van der Waals surface area contributed by atoms with Crippen molar-refractivity contribution in [1.82, 2.24) is 10.2 Å². The zero-order valence-electron chi connectivity index (χ0n) is 18.4. The number of alkyl carbamates (subject to hydrolysis) is 1. The molecule has 2 aromatic carbocycles. The third kappa shape index (κ3) is 5.88. The lowest BCUT2D eigenvalue weighted by Crippen LogP contribution is -2.45. The number of aliphatic hydroxyl groups is 1. The number of fused-ring (bicyclic) bond motifs is 3. The molecule has 3 N–H and O–H groups in total. The van der Waals surface area contributed by atoms with Gasteiger partial charge in [0.25, 0.3) is 5.91 Å². The lowest BCUT2D eigenvalue weighted by Gasteiger charge is -2.24. The van der Waals surface area contributed by atoms with Crippen molar-refractivity contribution in [2.45, 2.75) is 18.4 Å². The van der Waals surface area contributed by atoms with Gasteiger partial charge in [-0.2, -0.15) is 0 Å². The van der Waals surface area contributed by atoms with E-state index in [1.807, 2.05) is 36.4 Å². The second-order valence-electron chi connectivity index (χ2n) is 7.64. The van der Waals surface area contributed by atoms with Crippen molar-refractivity contribution in [3.63, 3.8) is 0 Å². The molecule has 0 fully saturated rings. The molecule has 176 valence electrons. The first-order valence-corrected chi connectivity index (χ1v) is 10.7. The second kappa shape index (κ2) is 11.4. The number of carboxylic acid groups (broad SMARTS) is 1. The Morgan fingerprint density at radius 1 is 1.06 bits per heavy atom. The normalized spacial score (nSPS) is 13.0. The third-order valence-corrected chi connectivity index (χ3v) is 5.59. The Kier molecular flexibility index (Phi) is 8.39. The van der Waals surface area contributed by atoms with Crippen molar-refractivity contribution in [3.8, 4) is 11.1 Å². The predicted octanol–water partition coefficient (Wildman–Crippen LogP) is 1.84. The summed E-state index contributed by atoms with van der Waals surface area (Å²) >= 11 is 0. The van der Waals surface area contributed by atoms with E-state index >= 15 is 0 Å². The highest BCUT2D eigenvalue weighted by Crippen LogP contribution is 2.44. The molecule has 1 aliphatic carbocycles. The Balaban J connectivity index is 1.51. The van der Waals surface area contributed by atoms with Gasteiger partial charge in [0.2, 0.25) is 0 Å². The molecule has 0 radical (unpaired) electrons. The monoisotopic (exact) mass is 456 g/mol. The lowest BCUT2D eigenvalue weighted by atomic mass is 9.98. The fraction of sp³-hybridized carbons (Fsp3) is 0.375. The molecule has 0 heterocycles. The number of methoxy groups -OCH3 is 1. The zero-order chi connectivity index (χ0) is 23.8. The van der Waals surface area contributed by atoms with Crippen LogP contribution < -0.4 is 5.32 Å². The summed E-state index contributed by atoms with van der Waals surface area (Å²) in [5, 5.41) is 20.6. The minimum absolute atomic E-state index is 0.0560. The van der Waals surface area contributed by atoms with E-state index < -0.39 is 30.6 Å². The summed E-state index contributed by atoms with van der Waals surface area (Å²) in [7, 11) is 1.33. The van der Waals surface area contributed by atoms with Crippen molar-refractivity contribution >= 4 is 18.0 Å². The zero-order valence-corrected chi connectivity index (χ0v) is 18.4. The van der Waals surface area contributed by atoms with Gasteiger partial charge in [0, 0.05) is 32.5 Å². The molecule has 3 rings (SSSR count). The topological polar surface area (TPSA) is 125 Å². The highest BCUT2D eigenvalue weighted by molar-refractivity contribution is 5.84. The van der Waals surface area contributed by atoms with Crippen LogP contribution in [0.5, 0.6) is 0 Å². The van der Waals surface area contributed by atoms with Crippen LogP contribution >= 0.6 is 0 Å². The first-order chi connectivity index (χ1) is 16.0. The molecule has 1 aliphatic rings. The SMILES string of the molecule is COC(CCNC(=O)OCC1c2ccccc2-c2ccccc21)C(=O)N(CCO)CC(=O)O. The molecular formula is C24H28N2O7. The maximum Gasteiger partial charge on any atom is 0.407 e. The van der Waals surface area contributed by atoms with Gasteiger partial charge in [-0.05, 0) is 22.3 Å². The van der Waals surface area contributed by atoms with Crippen LogP contribution in [-0.2, 0) is 19.1 Å². The summed E-state index contributed by atoms with van der Waals surface area (Å²) in [6, 6.07) is 16.1. The predicted molar refractivity (Wildman–Crippen MR) is 120 cm³/mol. The number of benzene rings is 2. The summed E-state index contributed by atoms with van der Waals surface area (Å²) in [6.45, 7) is -0.756. The number of aliphatic carboxylic acids is 1. The van der Waals surface area contributed by atoms with Crippen LogP contribution in [0.25, 0.3) is 11.1 Å². The first kappa shape index (κ1) is 24.2. The number of rotatable bonds is 11. The molecule has 2 amide bonds. The average Bonchev–Trinajstić information content (AvgIpc) is 3.13. The minimum atomic E-state index is -1.19. The number of nitrogens with one attached hydrogen (secondary N) is 1. The van der Waals surface area contributed by atoms with E-state index in [0.29, 0.717) is 0 Å². The van der Waals surface area contributed by atoms with Gasteiger partial charge >= 0.3 is 12.1 Å². The van der Waals surface area contributed by atoms with Crippen LogP contribution in [0, 0.1) is 0 Å². The van der Waals surface area contributed by atoms with E-state index in [1.165, 1.54) is 7.11 Å². The lowest BCUT2D eigenvalue weighted by molar-refractivity contribution is -0.150. The van der Waals surface area contributed by atoms with E-state index in [0.717, 1.165) is 27.2 Å². The summed E-state index contributed by atoms with van der Waals surface area (Å²) in [4.78, 5) is 36.7. The fourth-order valence-electron chi connectivity index (χ4n) is 4.05. The summed E-state index contributed by atoms with van der Waals surface area (Å²) < 4.78 is 10.6. The van der Waals surface area contributed by atoms with Crippen molar-refractivity contribution in [1.29, 1.82) is 0 Å². The molecule has 0 saturated heterocycles. The number of carbonyl (C=O) groups is 3. The Hall–Kier alpha value is -3.43. The van der Waals surface area contributed by atoms with Gasteiger partial charge in [-0.15, -0.1) is 0 Å². The Morgan fingerprint density at radius 3 is 2.21 bits per heavy atom.